The Labute approximate surface area is 144 Å². The quantitative estimate of drug-likeness (QED) is 0.831. The van der Waals surface area contributed by atoms with E-state index in [9.17, 15) is 13.2 Å². The van der Waals surface area contributed by atoms with Gasteiger partial charge in [-0.25, -0.2) is 0 Å². The van der Waals surface area contributed by atoms with E-state index in [1.54, 1.807) is 6.07 Å². The van der Waals surface area contributed by atoms with Crippen LogP contribution in [-0.2, 0) is 12.7 Å². The number of hydrogen-bond donors (Lipinski definition) is 0. The van der Waals surface area contributed by atoms with Gasteiger partial charge in [-0.2, -0.15) is 18.4 Å². The van der Waals surface area contributed by atoms with Crippen LogP contribution in [0.1, 0.15) is 23.1 Å². The molecule has 25 heavy (non-hydrogen) atoms. The van der Waals surface area contributed by atoms with Gasteiger partial charge in [0.1, 0.15) is 11.9 Å². The first kappa shape index (κ1) is 17.3. The van der Waals surface area contributed by atoms with Gasteiger partial charge in [0.2, 0.25) is 0 Å². The molecule has 0 radical (unpaired) electrons. The zero-order chi connectivity index (χ0) is 17.9. The van der Waals surface area contributed by atoms with E-state index >= 15 is 0 Å². The zero-order valence-corrected chi connectivity index (χ0v) is 13.5. The van der Waals surface area contributed by atoms with E-state index in [-0.39, 0.29) is 6.10 Å². The first-order valence-corrected chi connectivity index (χ1v) is 8.00. The van der Waals surface area contributed by atoms with Crippen molar-refractivity contribution in [2.75, 3.05) is 13.1 Å². The number of halogens is 3. The Hall–Kier alpha value is -2.52. The van der Waals surface area contributed by atoms with Crippen molar-refractivity contribution in [2.24, 2.45) is 0 Å². The fourth-order valence-electron chi connectivity index (χ4n) is 3.01. The largest absolute Gasteiger partial charge is 0.489 e. The number of rotatable bonds is 4. The summed E-state index contributed by atoms with van der Waals surface area (Å²) in [6, 6.07) is 15.0. The first-order chi connectivity index (χ1) is 12.0. The van der Waals surface area contributed by atoms with E-state index in [4.69, 9.17) is 10.00 Å². The monoisotopic (exact) mass is 346 g/mol. The van der Waals surface area contributed by atoms with E-state index in [2.05, 4.69) is 17.0 Å². The summed E-state index contributed by atoms with van der Waals surface area (Å²) < 4.78 is 44.3. The van der Waals surface area contributed by atoms with Crippen LogP contribution < -0.4 is 4.74 Å². The summed E-state index contributed by atoms with van der Waals surface area (Å²) in [5.41, 5.74) is -0.131. The highest BCUT2D eigenvalue weighted by Crippen LogP contribution is 2.34. The van der Waals surface area contributed by atoms with Crippen molar-refractivity contribution in [3.05, 3.63) is 65.2 Å². The van der Waals surface area contributed by atoms with E-state index in [0.717, 1.165) is 25.6 Å². The molecule has 0 bridgehead atoms. The molecule has 1 heterocycles. The van der Waals surface area contributed by atoms with Gasteiger partial charge < -0.3 is 4.74 Å². The molecule has 0 saturated carbocycles. The number of alkyl halides is 3. The summed E-state index contributed by atoms with van der Waals surface area (Å²) in [7, 11) is 0. The van der Waals surface area contributed by atoms with E-state index in [1.165, 1.54) is 17.7 Å². The lowest BCUT2D eigenvalue weighted by Gasteiger charge is -2.17. The Morgan fingerprint density at radius 3 is 2.60 bits per heavy atom. The third-order valence-corrected chi connectivity index (χ3v) is 4.20. The van der Waals surface area contributed by atoms with Crippen LogP contribution in [0, 0.1) is 11.3 Å². The van der Waals surface area contributed by atoms with Gasteiger partial charge >= 0.3 is 6.18 Å². The van der Waals surface area contributed by atoms with E-state index < -0.39 is 17.3 Å². The maximum Gasteiger partial charge on any atom is 0.417 e. The number of hydrogen-bond acceptors (Lipinski definition) is 3. The van der Waals surface area contributed by atoms with Crippen LogP contribution in [0.15, 0.2) is 48.5 Å². The molecule has 1 aliphatic heterocycles. The summed E-state index contributed by atoms with van der Waals surface area (Å²) in [5, 5.41) is 8.96. The molecular formula is C19H17F3N2O. The van der Waals surface area contributed by atoms with Gasteiger partial charge in [0.25, 0.3) is 0 Å². The number of benzene rings is 2. The fourth-order valence-corrected chi connectivity index (χ4v) is 3.01. The Balaban J connectivity index is 1.63. The zero-order valence-electron chi connectivity index (χ0n) is 13.5. The summed E-state index contributed by atoms with van der Waals surface area (Å²) in [6.45, 7) is 2.39. The third-order valence-electron chi connectivity index (χ3n) is 4.20. The summed E-state index contributed by atoms with van der Waals surface area (Å²) in [5.74, 6) is 0.302. The first-order valence-electron chi connectivity index (χ1n) is 8.00. The van der Waals surface area contributed by atoms with Gasteiger partial charge in [-0.15, -0.1) is 0 Å². The van der Waals surface area contributed by atoms with Crippen LogP contribution in [-0.4, -0.2) is 24.1 Å². The topological polar surface area (TPSA) is 36.3 Å². The number of nitrogens with zero attached hydrogens (tertiary/aromatic N) is 2. The predicted octanol–water partition coefficient (Wildman–Crippen LogP) is 4.23. The fraction of sp³-hybridized carbons (Fsp3) is 0.316. The van der Waals surface area contributed by atoms with Crippen LogP contribution in [0.5, 0.6) is 5.75 Å². The van der Waals surface area contributed by atoms with Crippen molar-refractivity contribution in [2.45, 2.75) is 25.2 Å². The third kappa shape index (κ3) is 4.31. The summed E-state index contributed by atoms with van der Waals surface area (Å²) >= 11 is 0. The van der Waals surface area contributed by atoms with Gasteiger partial charge in [0, 0.05) is 19.6 Å². The van der Waals surface area contributed by atoms with Gasteiger partial charge in [-0.05, 0) is 30.2 Å². The molecule has 0 N–H and O–H groups in total. The lowest BCUT2D eigenvalue weighted by molar-refractivity contribution is -0.137. The maximum atomic E-state index is 12.8. The highest BCUT2D eigenvalue weighted by atomic mass is 19.4. The normalized spacial score (nSPS) is 18.1. The maximum absolute atomic E-state index is 12.8. The van der Waals surface area contributed by atoms with Crippen molar-refractivity contribution in [1.29, 1.82) is 5.26 Å². The molecule has 0 amide bonds. The Morgan fingerprint density at radius 2 is 1.92 bits per heavy atom. The van der Waals surface area contributed by atoms with E-state index in [1.807, 2.05) is 18.2 Å². The molecule has 130 valence electrons. The van der Waals surface area contributed by atoms with Crippen LogP contribution in [0.4, 0.5) is 13.2 Å². The molecule has 1 fully saturated rings. The van der Waals surface area contributed by atoms with Crippen molar-refractivity contribution >= 4 is 0 Å². The second kappa shape index (κ2) is 7.16. The minimum absolute atomic E-state index is 0.0907. The number of nitriles is 1. The van der Waals surface area contributed by atoms with Gasteiger partial charge in [-0.1, -0.05) is 30.3 Å². The van der Waals surface area contributed by atoms with Crippen molar-refractivity contribution in [3.63, 3.8) is 0 Å². The van der Waals surface area contributed by atoms with Crippen LogP contribution in [0.2, 0.25) is 0 Å². The average molecular weight is 346 g/mol. The molecule has 1 atom stereocenters. The van der Waals surface area contributed by atoms with Crippen LogP contribution in [0.25, 0.3) is 0 Å². The lowest BCUT2D eigenvalue weighted by Crippen LogP contribution is -2.24. The molecule has 2 aromatic rings. The minimum Gasteiger partial charge on any atom is -0.489 e. The molecule has 1 aliphatic rings. The van der Waals surface area contributed by atoms with Crippen molar-refractivity contribution in [1.82, 2.24) is 4.90 Å². The number of likely N-dealkylation sites (tertiary alicyclic amines) is 1. The molecule has 0 aromatic heterocycles. The minimum atomic E-state index is -4.54. The Morgan fingerprint density at radius 1 is 1.16 bits per heavy atom. The molecule has 3 rings (SSSR count). The molecule has 2 aromatic carbocycles. The number of ether oxygens (including phenoxy) is 1. The lowest BCUT2D eigenvalue weighted by atomic mass is 10.1. The standard InChI is InChI=1S/C19H17F3N2O/c20-19(21,22)18-7-6-16(10-15(18)11-23)25-17-8-9-24(13-17)12-14-4-2-1-3-5-14/h1-7,10,17H,8-9,12-13H2. The van der Waals surface area contributed by atoms with Crippen LogP contribution >= 0.6 is 0 Å². The van der Waals surface area contributed by atoms with Crippen molar-refractivity contribution in [3.8, 4) is 11.8 Å². The highest BCUT2D eigenvalue weighted by Gasteiger charge is 2.34. The van der Waals surface area contributed by atoms with Gasteiger partial charge in [-0.3, -0.25) is 4.90 Å². The molecule has 1 unspecified atom stereocenters. The molecule has 0 aliphatic carbocycles. The Bertz CT molecular complexity index is 768. The van der Waals surface area contributed by atoms with Gasteiger partial charge in [0.15, 0.2) is 0 Å². The smallest absolute Gasteiger partial charge is 0.417 e. The second-order valence-corrected chi connectivity index (χ2v) is 6.07. The molecular weight excluding hydrogens is 329 g/mol. The molecule has 1 saturated heterocycles. The Kier molecular flexibility index (Phi) is 4.95. The predicted molar refractivity (Wildman–Crippen MR) is 86.9 cm³/mol. The molecule has 6 heteroatoms. The van der Waals surface area contributed by atoms with E-state index in [0.29, 0.717) is 12.3 Å². The molecule has 3 nitrogen and oxygen atoms in total. The molecule has 0 spiro atoms. The van der Waals surface area contributed by atoms with Crippen LogP contribution in [0.3, 0.4) is 0 Å². The SMILES string of the molecule is N#Cc1cc(OC2CCN(Cc3ccccc3)C2)ccc1C(F)(F)F. The summed E-state index contributed by atoms with van der Waals surface area (Å²) in [6.07, 6.45) is -3.83. The second-order valence-electron chi connectivity index (χ2n) is 6.07. The summed E-state index contributed by atoms with van der Waals surface area (Å²) in [4.78, 5) is 2.25. The highest BCUT2D eigenvalue weighted by molar-refractivity contribution is 5.44. The van der Waals surface area contributed by atoms with Crippen molar-refractivity contribution < 1.29 is 17.9 Å². The van der Waals surface area contributed by atoms with Gasteiger partial charge in [0.05, 0.1) is 17.2 Å². The average Bonchev–Trinajstić information content (AvgIpc) is 3.01.